The van der Waals surface area contributed by atoms with Crippen LogP contribution in [-0.4, -0.2) is 20.2 Å². The van der Waals surface area contributed by atoms with Gasteiger partial charge in [0.25, 0.3) is 0 Å². The van der Waals surface area contributed by atoms with Crippen molar-refractivity contribution < 1.29 is 13.2 Å². The maximum absolute atomic E-state index is 12.8. The van der Waals surface area contributed by atoms with Gasteiger partial charge in [-0.2, -0.15) is 23.3 Å². The maximum Gasteiger partial charge on any atom is 0.416 e. The Hall–Kier alpha value is -2.94. The fourth-order valence-corrected chi connectivity index (χ4v) is 2.05. The van der Waals surface area contributed by atoms with Crippen LogP contribution in [0.5, 0.6) is 0 Å². The molecule has 10 heteroatoms. The van der Waals surface area contributed by atoms with Crippen LogP contribution in [0.4, 0.5) is 36.4 Å². The lowest BCUT2D eigenvalue weighted by molar-refractivity contribution is -0.137. The molecular formula is C15H10ClF3N6. The van der Waals surface area contributed by atoms with E-state index < -0.39 is 11.7 Å². The number of rotatable bonds is 4. The number of halogens is 4. The lowest BCUT2D eigenvalue weighted by Crippen LogP contribution is -2.06. The Balaban J connectivity index is 1.84. The molecule has 6 nitrogen and oxygen atoms in total. The minimum absolute atomic E-state index is 0.155. The van der Waals surface area contributed by atoms with Gasteiger partial charge in [0.2, 0.25) is 5.95 Å². The zero-order valence-corrected chi connectivity index (χ0v) is 13.2. The average molecular weight is 367 g/mol. The van der Waals surface area contributed by atoms with Gasteiger partial charge in [-0.25, -0.2) is 4.98 Å². The molecule has 0 radical (unpaired) electrons. The molecule has 2 heterocycles. The van der Waals surface area contributed by atoms with E-state index in [0.29, 0.717) is 5.82 Å². The monoisotopic (exact) mass is 366 g/mol. The first kappa shape index (κ1) is 16.9. The first-order chi connectivity index (χ1) is 11.9. The molecule has 0 aliphatic rings. The molecule has 1 aromatic carbocycles. The molecule has 0 aliphatic heterocycles. The minimum Gasteiger partial charge on any atom is -0.339 e. The number of nitrogens with zero attached hydrogens (tertiary/aromatic N) is 4. The molecule has 3 aromatic rings. The van der Waals surface area contributed by atoms with Gasteiger partial charge in [0, 0.05) is 11.9 Å². The highest BCUT2D eigenvalue weighted by Gasteiger charge is 2.30. The second kappa shape index (κ2) is 6.89. The molecule has 0 fully saturated rings. The Labute approximate surface area is 145 Å². The second-order valence-corrected chi connectivity index (χ2v) is 5.23. The average Bonchev–Trinajstić information content (AvgIpc) is 2.58. The van der Waals surface area contributed by atoms with Gasteiger partial charge in [0.05, 0.1) is 11.8 Å². The summed E-state index contributed by atoms with van der Waals surface area (Å²) in [4.78, 5) is 8.13. The van der Waals surface area contributed by atoms with Crippen LogP contribution in [0.2, 0.25) is 5.02 Å². The highest BCUT2D eigenvalue weighted by molar-refractivity contribution is 6.32. The first-order valence-corrected chi connectivity index (χ1v) is 7.31. The van der Waals surface area contributed by atoms with Gasteiger partial charge in [0.15, 0.2) is 11.6 Å². The molecule has 0 amide bonds. The Morgan fingerprint density at radius 3 is 2.60 bits per heavy atom. The molecular weight excluding hydrogens is 357 g/mol. The standard InChI is InChI=1S/C15H10ClF3N6/c16-11-8-20-14(23-12-5-2-6-21-25-12)24-13(11)22-10-4-1-3-9(7-10)15(17,18)19/h1-8H,(H2,20,22,23,24,25). The highest BCUT2D eigenvalue weighted by atomic mass is 35.5. The van der Waals surface area contributed by atoms with E-state index in [2.05, 4.69) is 30.8 Å². The van der Waals surface area contributed by atoms with Crippen molar-refractivity contribution >= 4 is 34.9 Å². The highest BCUT2D eigenvalue weighted by Crippen LogP contribution is 2.32. The summed E-state index contributed by atoms with van der Waals surface area (Å²) >= 11 is 6.01. The maximum atomic E-state index is 12.8. The number of alkyl halides is 3. The molecule has 0 unspecified atom stereocenters. The van der Waals surface area contributed by atoms with Crippen LogP contribution in [0.1, 0.15) is 5.56 Å². The summed E-state index contributed by atoms with van der Waals surface area (Å²) in [6.45, 7) is 0. The SMILES string of the molecule is FC(F)(F)c1cccc(Nc2nc(Nc3cccnn3)ncc2Cl)c1. The van der Waals surface area contributed by atoms with Gasteiger partial charge < -0.3 is 10.6 Å². The molecule has 25 heavy (non-hydrogen) atoms. The normalized spacial score (nSPS) is 11.2. The molecule has 2 aromatic heterocycles. The largest absolute Gasteiger partial charge is 0.416 e. The van der Waals surface area contributed by atoms with Crippen molar-refractivity contribution in [2.24, 2.45) is 0 Å². The van der Waals surface area contributed by atoms with Crippen molar-refractivity contribution in [2.75, 3.05) is 10.6 Å². The number of hydrogen-bond acceptors (Lipinski definition) is 6. The van der Waals surface area contributed by atoms with Gasteiger partial charge in [0.1, 0.15) is 5.02 Å². The first-order valence-electron chi connectivity index (χ1n) is 6.93. The van der Waals surface area contributed by atoms with Crippen molar-refractivity contribution in [3.05, 3.63) is 59.4 Å². The van der Waals surface area contributed by atoms with Gasteiger partial charge in [-0.3, -0.25) is 0 Å². The lowest BCUT2D eigenvalue weighted by atomic mass is 10.2. The zero-order chi connectivity index (χ0) is 17.9. The third-order valence-corrected chi connectivity index (χ3v) is 3.29. The van der Waals surface area contributed by atoms with E-state index in [4.69, 9.17) is 11.6 Å². The third-order valence-electron chi connectivity index (χ3n) is 3.01. The molecule has 128 valence electrons. The Morgan fingerprint density at radius 2 is 1.88 bits per heavy atom. The molecule has 2 N–H and O–H groups in total. The fourth-order valence-electron chi connectivity index (χ4n) is 1.91. The van der Waals surface area contributed by atoms with Crippen molar-refractivity contribution in [3.63, 3.8) is 0 Å². The Bertz CT molecular complexity index is 873. The molecule has 0 aliphatic carbocycles. The predicted octanol–water partition coefficient (Wildman–Crippen LogP) is 4.43. The number of nitrogens with one attached hydrogen (secondary N) is 2. The van der Waals surface area contributed by atoms with E-state index in [0.717, 1.165) is 12.1 Å². The van der Waals surface area contributed by atoms with Crippen LogP contribution in [0.25, 0.3) is 0 Å². The molecule has 0 saturated heterocycles. The quantitative estimate of drug-likeness (QED) is 0.711. The smallest absolute Gasteiger partial charge is 0.339 e. The van der Waals surface area contributed by atoms with Crippen LogP contribution < -0.4 is 10.6 Å². The van der Waals surface area contributed by atoms with Gasteiger partial charge in [-0.1, -0.05) is 17.7 Å². The zero-order valence-electron chi connectivity index (χ0n) is 12.4. The summed E-state index contributed by atoms with van der Waals surface area (Å²) in [5.41, 5.74) is -0.582. The number of anilines is 4. The molecule has 0 bridgehead atoms. The Kier molecular flexibility index (Phi) is 4.66. The van der Waals surface area contributed by atoms with Crippen molar-refractivity contribution in [1.29, 1.82) is 0 Å². The summed E-state index contributed by atoms with van der Waals surface area (Å²) in [7, 11) is 0. The van der Waals surface area contributed by atoms with E-state index in [1.165, 1.54) is 24.5 Å². The summed E-state index contributed by atoms with van der Waals surface area (Å²) < 4.78 is 38.4. The number of benzene rings is 1. The van der Waals surface area contributed by atoms with Gasteiger partial charge >= 0.3 is 6.18 Å². The topological polar surface area (TPSA) is 75.6 Å². The molecule has 0 spiro atoms. The minimum atomic E-state index is -4.44. The van der Waals surface area contributed by atoms with Crippen molar-refractivity contribution in [1.82, 2.24) is 20.2 Å². The van der Waals surface area contributed by atoms with Crippen LogP contribution in [0.15, 0.2) is 48.8 Å². The lowest BCUT2D eigenvalue weighted by Gasteiger charge is -2.12. The van der Waals surface area contributed by atoms with Crippen LogP contribution in [-0.2, 0) is 6.18 Å². The van der Waals surface area contributed by atoms with Crippen LogP contribution in [0, 0.1) is 0 Å². The Morgan fingerprint density at radius 1 is 1.04 bits per heavy atom. The van der Waals surface area contributed by atoms with E-state index in [-0.39, 0.29) is 22.5 Å². The van der Waals surface area contributed by atoms with Crippen LogP contribution in [0.3, 0.4) is 0 Å². The van der Waals surface area contributed by atoms with Crippen molar-refractivity contribution in [3.8, 4) is 0 Å². The summed E-state index contributed by atoms with van der Waals surface area (Å²) in [5.74, 6) is 0.733. The van der Waals surface area contributed by atoms with Gasteiger partial charge in [-0.05, 0) is 30.3 Å². The van der Waals surface area contributed by atoms with Crippen molar-refractivity contribution in [2.45, 2.75) is 6.18 Å². The summed E-state index contributed by atoms with van der Waals surface area (Å²) in [6.07, 6.45) is -1.61. The third kappa shape index (κ3) is 4.32. The van der Waals surface area contributed by atoms with E-state index >= 15 is 0 Å². The van der Waals surface area contributed by atoms with E-state index in [1.807, 2.05) is 0 Å². The molecule has 0 atom stereocenters. The summed E-state index contributed by atoms with van der Waals surface area (Å²) in [5, 5.41) is 13.3. The number of aromatic nitrogens is 4. The molecule has 0 saturated carbocycles. The second-order valence-electron chi connectivity index (χ2n) is 4.83. The summed E-state index contributed by atoms with van der Waals surface area (Å²) in [6, 6.07) is 8.04. The van der Waals surface area contributed by atoms with E-state index in [1.54, 1.807) is 12.1 Å². The van der Waals surface area contributed by atoms with Crippen LogP contribution >= 0.6 is 11.6 Å². The molecule has 3 rings (SSSR count). The fraction of sp³-hybridized carbons (Fsp3) is 0.0667. The number of hydrogen-bond donors (Lipinski definition) is 2. The van der Waals surface area contributed by atoms with Gasteiger partial charge in [-0.15, -0.1) is 5.10 Å². The predicted molar refractivity (Wildman–Crippen MR) is 87.1 cm³/mol. The van der Waals surface area contributed by atoms with E-state index in [9.17, 15) is 13.2 Å².